The summed E-state index contributed by atoms with van der Waals surface area (Å²) in [5, 5.41) is 10.2. The highest BCUT2D eigenvalue weighted by atomic mass is 16.5. The Morgan fingerprint density at radius 1 is 1.14 bits per heavy atom. The molecule has 118 valence electrons. The average Bonchev–Trinajstić information content (AvgIpc) is 2.53. The van der Waals surface area contributed by atoms with Crippen LogP contribution < -0.4 is 0 Å². The van der Waals surface area contributed by atoms with E-state index in [2.05, 4.69) is 31.2 Å². The maximum atomic E-state index is 10.2. The largest absolute Gasteiger partial charge is 0.393 e. The zero-order valence-electron chi connectivity index (χ0n) is 13.3. The zero-order valence-corrected chi connectivity index (χ0v) is 13.3. The molecule has 0 aliphatic heterocycles. The van der Waals surface area contributed by atoms with E-state index in [1.54, 1.807) is 0 Å². The third-order valence-electron chi connectivity index (χ3n) is 4.61. The van der Waals surface area contributed by atoms with Crippen LogP contribution in [0.25, 0.3) is 0 Å². The Morgan fingerprint density at radius 2 is 1.86 bits per heavy atom. The van der Waals surface area contributed by atoms with E-state index in [-0.39, 0.29) is 12.2 Å². The molecular formula is C19H30O2. The molecule has 2 heteroatoms. The fourth-order valence-electron chi connectivity index (χ4n) is 3.40. The van der Waals surface area contributed by atoms with Crippen molar-refractivity contribution >= 4 is 0 Å². The van der Waals surface area contributed by atoms with Gasteiger partial charge in [-0.3, -0.25) is 0 Å². The molecule has 2 unspecified atom stereocenters. The van der Waals surface area contributed by atoms with E-state index in [0.717, 1.165) is 19.3 Å². The van der Waals surface area contributed by atoms with Crippen molar-refractivity contribution in [1.29, 1.82) is 0 Å². The Bertz CT molecular complexity index is 370. The van der Waals surface area contributed by atoms with Crippen molar-refractivity contribution in [2.24, 2.45) is 5.92 Å². The van der Waals surface area contributed by atoms with Crippen LogP contribution in [0, 0.1) is 5.92 Å². The number of aliphatic hydroxyl groups excluding tert-OH is 1. The van der Waals surface area contributed by atoms with Gasteiger partial charge in [0.2, 0.25) is 0 Å². The molecule has 1 fully saturated rings. The van der Waals surface area contributed by atoms with Crippen molar-refractivity contribution in [3.05, 3.63) is 35.9 Å². The summed E-state index contributed by atoms with van der Waals surface area (Å²) in [7, 11) is 0. The van der Waals surface area contributed by atoms with Gasteiger partial charge >= 0.3 is 0 Å². The van der Waals surface area contributed by atoms with Gasteiger partial charge in [0.1, 0.15) is 0 Å². The molecule has 0 heterocycles. The van der Waals surface area contributed by atoms with Crippen molar-refractivity contribution in [2.75, 3.05) is 0 Å². The number of rotatable bonds is 8. The molecular weight excluding hydrogens is 260 g/mol. The van der Waals surface area contributed by atoms with Crippen molar-refractivity contribution in [2.45, 2.75) is 77.1 Å². The molecule has 0 amide bonds. The SMILES string of the molecule is CCCC(O)CC(OCc1ccccc1)C1CCCCC1. The fourth-order valence-corrected chi connectivity index (χ4v) is 3.40. The Morgan fingerprint density at radius 3 is 2.52 bits per heavy atom. The summed E-state index contributed by atoms with van der Waals surface area (Å²) in [6.45, 7) is 2.80. The molecule has 2 rings (SSSR count). The molecule has 0 aromatic heterocycles. The third kappa shape index (κ3) is 5.80. The van der Waals surface area contributed by atoms with Crippen molar-refractivity contribution in [3.8, 4) is 0 Å². The second-order valence-corrected chi connectivity index (χ2v) is 6.41. The molecule has 0 radical (unpaired) electrons. The van der Waals surface area contributed by atoms with E-state index < -0.39 is 0 Å². The maximum absolute atomic E-state index is 10.2. The third-order valence-corrected chi connectivity index (χ3v) is 4.61. The summed E-state index contributed by atoms with van der Waals surface area (Å²) >= 11 is 0. The summed E-state index contributed by atoms with van der Waals surface area (Å²) in [5.41, 5.74) is 1.23. The quantitative estimate of drug-likeness (QED) is 0.751. The predicted octanol–water partition coefficient (Wildman–Crippen LogP) is 4.70. The van der Waals surface area contributed by atoms with Crippen LogP contribution >= 0.6 is 0 Å². The number of hydrogen-bond acceptors (Lipinski definition) is 2. The fraction of sp³-hybridized carbons (Fsp3) is 0.684. The van der Waals surface area contributed by atoms with Gasteiger partial charge in [0, 0.05) is 0 Å². The molecule has 1 N–H and O–H groups in total. The van der Waals surface area contributed by atoms with E-state index in [0.29, 0.717) is 12.5 Å². The minimum absolute atomic E-state index is 0.210. The lowest BCUT2D eigenvalue weighted by Gasteiger charge is -2.31. The highest BCUT2D eigenvalue weighted by Crippen LogP contribution is 2.31. The summed E-state index contributed by atoms with van der Waals surface area (Å²) in [4.78, 5) is 0. The first-order chi connectivity index (χ1) is 10.3. The molecule has 0 bridgehead atoms. The number of aliphatic hydroxyl groups is 1. The Labute approximate surface area is 129 Å². The lowest BCUT2D eigenvalue weighted by atomic mass is 9.83. The summed E-state index contributed by atoms with van der Waals surface area (Å²) in [6.07, 6.45) is 9.25. The summed E-state index contributed by atoms with van der Waals surface area (Å²) < 4.78 is 6.22. The number of benzene rings is 1. The van der Waals surface area contributed by atoms with Crippen molar-refractivity contribution in [3.63, 3.8) is 0 Å². The van der Waals surface area contributed by atoms with Crippen LogP contribution in [-0.4, -0.2) is 17.3 Å². The van der Waals surface area contributed by atoms with Gasteiger partial charge in [-0.15, -0.1) is 0 Å². The van der Waals surface area contributed by atoms with Gasteiger partial charge in [0.25, 0.3) is 0 Å². The summed E-state index contributed by atoms with van der Waals surface area (Å²) in [6, 6.07) is 10.4. The topological polar surface area (TPSA) is 29.5 Å². The summed E-state index contributed by atoms with van der Waals surface area (Å²) in [5.74, 6) is 0.633. The average molecular weight is 290 g/mol. The minimum Gasteiger partial charge on any atom is -0.393 e. The first kappa shape index (κ1) is 16.5. The molecule has 1 aromatic carbocycles. The molecule has 1 aromatic rings. The van der Waals surface area contributed by atoms with Crippen LogP contribution in [0.15, 0.2) is 30.3 Å². The van der Waals surface area contributed by atoms with Gasteiger partial charge in [-0.05, 0) is 37.2 Å². The van der Waals surface area contributed by atoms with Crippen molar-refractivity contribution < 1.29 is 9.84 Å². The van der Waals surface area contributed by atoms with Crippen LogP contribution in [-0.2, 0) is 11.3 Å². The van der Waals surface area contributed by atoms with Gasteiger partial charge in [0.15, 0.2) is 0 Å². The van der Waals surface area contributed by atoms with Crippen LogP contribution in [0.1, 0.15) is 63.9 Å². The highest BCUT2D eigenvalue weighted by molar-refractivity contribution is 5.13. The van der Waals surface area contributed by atoms with Crippen LogP contribution in [0.3, 0.4) is 0 Å². The smallest absolute Gasteiger partial charge is 0.0720 e. The Kier molecular flexibility index (Phi) is 7.25. The van der Waals surface area contributed by atoms with E-state index in [9.17, 15) is 5.11 Å². The molecule has 1 saturated carbocycles. The molecule has 2 nitrogen and oxygen atoms in total. The van der Waals surface area contributed by atoms with Crippen LogP contribution in [0.4, 0.5) is 0 Å². The lowest BCUT2D eigenvalue weighted by molar-refractivity contribution is -0.0397. The monoisotopic (exact) mass is 290 g/mol. The van der Waals surface area contributed by atoms with Gasteiger partial charge in [-0.1, -0.05) is 62.9 Å². The van der Waals surface area contributed by atoms with Gasteiger partial charge in [0.05, 0.1) is 18.8 Å². The van der Waals surface area contributed by atoms with E-state index in [1.165, 1.54) is 37.7 Å². The molecule has 0 spiro atoms. The molecule has 1 aliphatic carbocycles. The second-order valence-electron chi connectivity index (χ2n) is 6.41. The lowest BCUT2D eigenvalue weighted by Crippen LogP contribution is -2.30. The standard InChI is InChI=1S/C19H30O2/c1-2-9-18(20)14-19(17-12-7-4-8-13-17)21-15-16-10-5-3-6-11-16/h3,5-6,10-11,17-20H,2,4,7-9,12-15H2,1H3. The Balaban J connectivity index is 1.90. The first-order valence-electron chi connectivity index (χ1n) is 8.63. The van der Waals surface area contributed by atoms with E-state index >= 15 is 0 Å². The van der Waals surface area contributed by atoms with Gasteiger partial charge < -0.3 is 9.84 Å². The zero-order chi connectivity index (χ0) is 14.9. The second kappa shape index (κ2) is 9.22. The van der Waals surface area contributed by atoms with Crippen LogP contribution in [0.2, 0.25) is 0 Å². The van der Waals surface area contributed by atoms with Gasteiger partial charge in [-0.2, -0.15) is 0 Å². The number of ether oxygens (including phenoxy) is 1. The normalized spacial score (nSPS) is 19.3. The predicted molar refractivity (Wildman–Crippen MR) is 87.1 cm³/mol. The maximum Gasteiger partial charge on any atom is 0.0720 e. The molecule has 21 heavy (non-hydrogen) atoms. The minimum atomic E-state index is -0.210. The molecule has 1 aliphatic rings. The van der Waals surface area contributed by atoms with E-state index in [1.807, 2.05) is 6.07 Å². The van der Waals surface area contributed by atoms with Gasteiger partial charge in [-0.25, -0.2) is 0 Å². The van der Waals surface area contributed by atoms with E-state index in [4.69, 9.17) is 4.74 Å². The van der Waals surface area contributed by atoms with Crippen molar-refractivity contribution in [1.82, 2.24) is 0 Å². The molecule has 2 atom stereocenters. The van der Waals surface area contributed by atoms with Crippen LogP contribution in [0.5, 0.6) is 0 Å². The highest BCUT2D eigenvalue weighted by Gasteiger charge is 2.26. The first-order valence-corrected chi connectivity index (χ1v) is 8.63. The molecule has 0 saturated heterocycles. The Hall–Kier alpha value is -0.860. The number of hydrogen-bond donors (Lipinski definition) is 1.